The Kier molecular flexibility index (Phi) is 3.99. The number of halogens is 1. The second-order valence-corrected chi connectivity index (χ2v) is 6.03. The maximum absolute atomic E-state index is 5.98. The molecule has 0 aromatic heterocycles. The van der Waals surface area contributed by atoms with Gasteiger partial charge in [-0.3, -0.25) is 0 Å². The molecule has 0 radical (unpaired) electrons. The number of nitrogens with one attached hydrogen (secondary N) is 1. The molecule has 1 atom stereocenters. The zero-order valence-corrected chi connectivity index (χ0v) is 12.9. The molecule has 3 rings (SSSR count). The molecule has 1 saturated heterocycles. The molecule has 1 unspecified atom stereocenters. The molecule has 0 spiro atoms. The maximum atomic E-state index is 5.98. The van der Waals surface area contributed by atoms with E-state index in [0.29, 0.717) is 5.92 Å². The van der Waals surface area contributed by atoms with E-state index in [2.05, 4.69) is 34.2 Å². The summed E-state index contributed by atoms with van der Waals surface area (Å²) in [5.41, 5.74) is 2.75. The van der Waals surface area contributed by atoms with Crippen LogP contribution in [0.5, 0.6) is 11.5 Å². The Balaban J connectivity index is 2.09. The number of fused-ring (bicyclic) bond motifs is 1. The van der Waals surface area contributed by atoms with Crippen LogP contribution in [0.3, 0.4) is 0 Å². The van der Waals surface area contributed by atoms with Crippen molar-refractivity contribution in [2.45, 2.75) is 32.1 Å². The van der Waals surface area contributed by atoms with Crippen LogP contribution in [0.1, 0.15) is 36.8 Å². The van der Waals surface area contributed by atoms with Crippen molar-refractivity contribution in [2.24, 2.45) is 0 Å². The van der Waals surface area contributed by atoms with E-state index in [-0.39, 0.29) is 0 Å². The molecular formula is C15H20BrNO2. The fourth-order valence-electron chi connectivity index (χ4n) is 3.01. The highest BCUT2D eigenvalue weighted by atomic mass is 79.9. The molecule has 1 aromatic carbocycles. The summed E-state index contributed by atoms with van der Waals surface area (Å²) in [6, 6.07) is 2.24. The van der Waals surface area contributed by atoms with Crippen molar-refractivity contribution in [3.63, 3.8) is 0 Å². The van der Waals surface area contributed by atoms with Gasteiger partial charge in [0.15, 0.2) is 11.5 Å². The summed E-state index contributed by atoms with van der Waals surface area (Å²) in [5, 5.41) is 3.45. The Morgan fingerprint density at radius 1 is 1.32 bits per heavy atom. The highest BCUT2D eigenvalue weighted by molar-refractivity contribution is 9.10. The third-order valence-electron chi connectivity index (χ3n) is 3.96. The molecule has 104 valence electrons. The Morgan fingerprint density at radius 2 is 2.11 bits per heavy atom. The van der Waals surface area contributed by atoms with Gasteiger partial charge >= 0.3 is 0 Å². The smallest absolute Gasteiger partial charge is 0.175 e. The third kappa shape index (κ3) is 2.48. The summed E-state index contributed by atoms with van der Waals surface area (Å²) >= 11 is 3.65. The van der Waals surface area contributed by atoms with Crippen molar-refractivity contribution in [3.05, 3.63) is 21.7 Å². The summed E-state index contributed by atoms with van der Waals surface area (Å²) in [6.45, 7) is 5.86. The molecule has 1 aromatic rings. The molecule has 1 N–H and O–H groups in total. The second kappa shape index (κ2) is 5.71. The van der Waals surface area contributed by atoms with E-state index in [1.807, 2.05) is 0 Å². The molecule has 2 aliphatic heterocycles. The number of hydrogen-bond acceptors (Lipinski definition) is 3. The average Bonchev–Trinajstić information content (AvgIpc) is 2.83. The highest BCUT2D eigenvalue weighted by Gasteiger charge is 2.26. The fourth-order valence-corrected chi connectivity index (χ4v) is 3.55. The van der Waals surface area contributed by atoms with Crippen LogP contribution in [-0.2, 0) is 6.42 Å². The lowest BCUT2D eigenvalue weighted by molar-refractivity contribution is 0.295. The Bertz CT molecular complexity index is 470. The van der Waals surface area contributed by atoms with Crippen LogP contribution < -0.4 is 14.8 Å². The summed E-state index contributed by atoms with van der Waals surface area (Å²) in [5.74, 6) is 2.46. The van der Waals surface area contributed by atoms with Gasteiger partial charge in [-0.25, -0.2) is 0 Å². The monoisotopic (exact) mass is 325 g/mol. The van der Waals surface area contributed by atoms with Crippen molar-refractivity contribution in [3.8, 4) is 11.5 Å². The summed E-state index contributed by atoms with van der Waals surface area (Å²) < 4.78 is 12.9. The fraction of sp³-hybridized carbons (Fsp3) is 0.600. The minimum absolute atomic E-state index is 0.600. The molecule has 4 heteroatoms. The van der Waals surface area contributed by atoms with Crippen LogP contribution in [0.2, 0.25) is 0 Å². The molecule has 0 aliphatic carbocycles. The molecule has 0 bridgehead atoms. The van der Waals surface area contributed by atoms with Gasteiger partial charge in [-0.2, -0.15) is 0 Å². The Morgan fingerprint density at radius 3 is 2.79 bits per heavy atom. The van der Waals surface area contributed by atoms with Gasteiger partial charge in [0.25, 0.3) is 0 Å². The topological polar surface area (TPSA) is 30.5 Å². The van der Waals surface area contributed by atoms with Crippen LogP contribution in [0, 0.1) is 0 Å². The predicted octanol–water partition coefficient (Wildman–Crippen LogP) is 3.25. The van der Waals surface area contributed by atoms with E-state index < -0.39 is 0 Å². The number of hydrogen-bond donors (Lipinski definition) is 1. The van der Waals surface area contributed by atoms with Gasteiger partial charge in [0, 0.05) is 18.5 Å². The average molecular weight is 326 g/mol. The van der Waals surface area contributed by atoms with Gasteiger partial charge in [0.05, 0.1) is 17.7 Å². The highest BCUT2D eigenvalue weighted by Crippen LogP contribution is 2.44. The lowest BCUT2D eigenvalue weighted by Gasteiger charge is -2.20. The number of ether oxygens (including phenoxy) is 2. The lowest BCUT2D eigenvalue weighted by atomic mass is 9.91. The minimum atomic E-state index is 0.600. The molecule has 2 aliphatic rings. The first kappa shape index (κ1) is 13.3. The quantitative estimate of drug-likeness (QED) is 0.905. The zero-order valence-electron chi connectivity index (χ0n) is 11.3. The van der Waals surface area contributed by atoms with Crippen molar-refractivity contribution in [1.82, 2.24) is 5.32 Å². The molecular weight excluding hydrogens is 306 g/mol. The van der Waals surface area contributed by atoms with Crippen LogP contribution >= 0.6 is 15.9 Å². The van der Waals surface area contributed by atoms with E-state index in [9.17, 15) is 0 Å². The van der Waals surface area contributed by atoms with Crippen molar-refractivity contribution in [2.75, 3.05) is 26.3 Å². The van der Waals surface area contributed by atoms with E-state index in [1.165, 1.54) is 17.5 Å². The SMILES string of the molecule is CCc1c(C2CCNC2)cc(Br)c2c1OCCCO2. The van der Waals surface area contributed by atoms with Crippen LogP contribution in [0.15, 0.2) is 10.5 Å². The molecule has 3 nitrogen and oxygen atoms in total. The molecule has 0 amide bonds. The number of benzene rings is 1. The minimum Gasteiger partial charge on any atom is -0.489 e. The van der Waals surface area contributed by atoms with E-state index in [0.717, 1.165) is 55.1 Å². The normalized spacial score (nSPS) is 22.3. The first-order valence-electron chi connectivity index (χ1n) is 7.12. The van der Waals surface area contributed by atoms with Crippen molar-refractivity contribution in [1.29, 1.82) is 0 Å². The summed E-state index contributed by atoms with van der Waals surface area (Å²) in [4.78, 5) is 0. The lowest BCUT2D eigenvalue weighted by Crippen LogP contribution is -2.10. The van der Waals surface area contributed by atoms with Gasteiger partial charge in [0.2, 0.25) is 0 Å². The second-order valence-electron chi connectivity index (χ2n) is 5.18. The van der Waals surface area contributed by atoms with Crippen molar-refractivity contribution >= 4 is 15.9 Å². The van der Waals surface area contributed by atoms with E-state index >= 15 is 0 Å². The number of rotatable bonds is 2. The Labute approximate surface area is 122 Å². The van der Waals surface area contributed by atoms with Gasteiger partial charge in [0.1, 0.15) is 0 Å². The van der Waals surface area contributed by atoms with Gasteiger partial charge in [-0.15, -0.1) is 0 Å². The van der Waals surface area contributed by atoms with Crippen molar-refractivity contribution < 1.29 is 9.47 Å². The van der Waals surface area contributed by atoms with Gasteiger partial charge in [-0.05, 0) is 52.9 Å². The van der Waals surface area contributed by atoms with Crippen LogP contribution in [0.25, 0.3) is 0 Å². The molecule has 0 saturated carbocycles. The van der Waals surface area contributed by atoms with E-state index in [1.54, 1.807) is 0 Å². The first-order chi connectivity index (χ1) is 9.31. The van der Waals surface area contributed by atoms with Gasteiger partial charge < -0.3 is 14.8 Å². The summed E-state index contributed by atoms with van der Waals surface area (Å²) in [6.07, 6.45) is 3.15. The van der Waals surface area contributed by atoms with E-state index in [4.69, 9.17) is 9.47 Å². The third-order valence-corrected chi connectivity index (χ3v) is 4.55. The van der Waals surface area contributed by atoms with Crippen LogP contribution in [-0.4, -0.2) is 26.3 Å². The first-order valence-corrected chi connectivity index (χ1v) is 7.92. The largest absolute Gasteiger partial charge is 0.489 e. The van der Waals surface area contributed by atoms with Crippen LogP contribution in [0.4, 0.5) is 0 Å². The standard InChI is InChI=1S/C15H20BrNO2/c1-2-11-12(10-4-5-17-9-10)8-13(16)15-14(11)18-6-3-7-19-15/h8,10,17H,2-7,9H2,1H3. The zero-order chi connectivity index (χ0) is 13.2. The summed E-state index contributed by atoms with van der Waals surface area (Å²) in [7, 11) is 0. The maximum Gasteiger partial charge on any atom is 0.175 e. The molecule has 1 fully saturated rings. The predicted molar refractivity (Wildman–Crippen MR) is 79.4 cm³/mol. The Hall–Kier alpha value is -0.740. The molecule has 19 heavy (non-hydrogen) atoms. The molecule has 2 heterocycles. The van der Waals surface area contributed by atoms with Gasteiger partial charge in [-0.1, -0.05) is 6.92 Å².